The Morgan fingerprint density at radius 2 is 2.06 bits per heavy atom. The lowest BCUT2D eigenvalue weighted by Gasteiger charge is -2.07. The fourth-order valence-corrected chi connectivity index (χ4v) is 1.67. The van der Waals surface area contributed by atoms with Gasteiger partial charge in [0.1, 0.15) is 5.69 Å². The number of fused-ring (bicyclic) bond motifs is 1. The van der Waals surface area contributed by atoms with E-state index in [0.29, 0.717) is 10.7 Å². The molecule has 0 saturated heterocycles. The van der Waals surface area contributed by atoms with E-state index in [4.69, 9.17) is 16.3 Å². The van der Waals surface area contributed by atoms with E-state index < -0.39 is 5.97 Å². The van der Waals surface area contributed by atoms with Crippen LogP contribution >= 0.6 is 11.6 Å². The number of hydrogen-bond donors (Lipinski definition) is 0. The second kappa shape index (κ2) is 4.72. The van der Waals surface area contributed by atoms with E-state index >= 15 is 0 Å². The van der Waals surface area contributed by atoms with Gasteiger partial charge in [-0.2, -0.15) is 0 Å². The molecule has 2 rings (SSSR count). The van der Waals surface area contributed by atoms with Crippen LogP contribution in [0.25, 0.3) is 10.9 Å². The molecule has 0 radical (unpaired) electrons. The van der Waals surface area contributed by atoms with E-state index in [1.165, 1.54) is 0 Å². The Labute approximate surface area is 104 Å². The molecule has 1 aromatic carbocycles. The molecule has 1 aromatic heterocycles. The van der Waals surface area contributed by atoms with Crippen LogP contribution in [0.3, 0.4) is 0 Å². The number of carbonyl (C=O) groups excluding carboxylic acids is 1. The number of nitrogens with zero attached hydrogens (tertiary/aromatic N) is 1. The molecule has 88 valence electrons. The summed E-state index contributed by atoms with van der Waals surface area (Å²) in [4.78, 5) is 15.9. The minimum Gasteiger partial charge on any atom is -0.458 e. The van der Waals surface area contributed by atoms with E-state index in [9.17, 15) is 4.79 Å². The third-order valence-electron chi connectivity index (χ3n) is 2.20. The molecule has 0 spiro atoms. The van der Waals surface area contributed by atoms with Gasteiger partial charge in [-0.3, -0.25) is 0 Å². The monoisotopic (exact) mass is 249 g/mol. The van der Waals surface area contributed by atoms with Crippen molar-refractivity contribution >= 4 is 28.5 Å². The SMILES string of the molecule is CC(C)OC(=O)c1ccc2cc(Cl)ccc2n1. The predicted octanol–water partition coefficient (Wildman–Crippen LogP) is 3.45. The summed E-state index contributed by atoms with van der Waals surface area (Å²) in [6.07, 6.45) is -0.148. The van der Waals surface area contributed by atoms with Gasteiger partial charge in [0.15, 0.2) is 0 Å². The van der Waals surface area contributed by atoms with Gasteiger partial charge in [0.2, 0.25) is 0 Å². The summed E-state index contributed by atoms with van der Waals surface area (Å²) < 4.78 is 5.08. The minimum absolute atomic E-state index is 0.148. The predicted molar refractivity (Wildman–Crippen MR) is 67.3 cm³/mol. The number of pyridine rings is 1. The van der Waals surface area contributed by atoms with Gasteiger partial charge in [0.05, 0.1) is 11.6 Å². The van der Waals surface area contributed by atoms with Gasteiger partial charge in [-0.25, -0.2) is 9.78 Å². The Morgan fingerprint density at radius 3 is 2.76 bits per heavy atom. The summed E-state index contributed by atoms with van der Waals surface area (Å²) in [7, 11) is 0. The molecule has 0 fully saturated rings. The molecule has 0 saturated carbocycles. The average molecular weight is 250 g/mol. The highest BCUT2D eigenvalue weighted by Gasteiger charge is 2.11. The van der Waals surface area contributed by atoms with Gasteiger partial charge < -0.3 is 4.74 Å². The van der Waals surface area contributed by atoms with E-state index in [0.717, 1.165) is 10.9 Å². The first-order valence-electron chi connectivity index (χ1n) is 5.33. The molecular weight excluding hydrogens is 238 g/mol. The van der Waals surface area contributed by atoms with Crippen molar-refractivity contribution in [3.05, 3.63) is 41.0 Å². The van der Waals surface area contributed by atoms with E-state index in [2.05, 4.69) is 4.98 Å². The lowest BCUT2D eigenvalue weighted by molar-refractivity contribution is 0.0371. The van der Waals surface area contributed by atoms with E-state index in [-0.39, 0.29) is 6.10 Å². The van der Waals surface area contributed by atoms with E-state index in [1.54, 1.807) is 38.1 Å². The number of carbonyl (C=O) groups is 1. The van der Waals surface area contributed by atoms with Crippen LogP contribution in [0.5, 0.6) is 0 Å². The number of aromatic nitrogens is 1. The maximum atomic E-state index is 11.7. The number of hydrogen-bond acceptors (Lipinski definition) is 3. The van der Waals surface area contributed by atoms with Crippen LogP contribution in [0.2, 0.25) is 5.02 Å². The number of esters is 1. The van der Waals surface area contributed by atoms with Crippen LogP contribution in [0.15, 0.2) is 30.3 Å². The molecule has 0 aliphatic heterocycles. The molecule has 0 amide bonds. The Morgan fingerprint density at radius 1 is 1.29 bits per heavy atom. The standard InChI is InChI=1S/C13H12ClNO2/c1-8(2)17-13(16)12-5-3-9-7-10(14)4-6-11(9)15-12/h3-8H,1-2H3. The molecular formula is C13H12ClNO2. The van der Waals surface area contributed by atoms with Gasteiger partial charge >= 0.3 is 5.97 Å². The van der Waals surface area contributed by atoms with Gasteiger partial charge in [0.25, 0.3) is 0 Å². The lowest BCUT2D eigenvalue weighted by atomic mass is 10.2. The van der Waals surface area contributed by atoms with Crippen molar-refractivity contribution in [2.24, 2.45) is 0 Å². The van der Waals surface area contributed by atoms with Crippen molar-refractivity contribution in [3.63, 3.8) is 0 Å². The quantitative estimate of drug-likeness (QED) is 0.766. The Kier molecular flexibility index (Phi) is 3.29. The fraction of sp³-hybridized carbons (Fsp3) is 0.231. The van der Waals surface area contributed by atoms with E-state index in [1.807, 2.05) is 6.07 Å². The zero-order chi connectivity index (χ0) is 12.4. The normalized spacial score (nSPS) is 10.8. The number of halogens is 1. The van der Waals surface area contributed by atoms with Crippen molar-refractivity contribution in [2.75, 3.05) is 0 Å². The summed E-state index contributed by atoms with van der Waals surface area (Å²) in [5.41, 5.74) is 1.04. The highest BCUT2D eigenvalue weighted by molar-refractivity contribution is 6.31. The molecule has 0 unspecified atom stereocenters. The third-order valence-corrected chi connectivity index (χ3v) is 2.44. The van der Waals surface area contributed by atoms with Crippen molar-refractivity contribution in [1.29, 1.82) is 0 Å². The largest absolute Gasteiger partial charge is 0.458 e. The van der Waals surface area contributed by atoms with Gasteiger partial charge in [0, 0.05) is 10.4 Å². The molecule has 2 aromatic rings. The van der Waals surface area contributed by atoms with Gasteiger partial charge in [-0.1, -0.05) is 17.7 Å². The van der Waals surface area contributed by atoms with Crippen LogP contribution in [0, 0.1) is 0 Å². The number of ether oxygens (including phenoxy) is 1. The molecule has 0 aliphatic rings. The minimum atomic E-state index is -0.406. The maximum Gasteiger partial charge on any atom is 0.357 e. The Hall–Kier alpha value is -1.61. The van der Waals surface area contributed by atoms with Crippen LogP contribution in [-0.4, -0.2) is 17.1 Å². The maximum absolute atomic E-state index is 11.7. The molecule has 0 bridgehead atoms. The molecule has 0 aliphatic carbocycles. The van der Waals surface area contributed by atoms with Gasteiger partial charge in [-0.15, -0.1) is 0 Å². The molecule has 0 atom stereocenters. The lowest BCUT2D eigenvalue weighted by Crippen LogP contribution is -2.12. The fourth-order valence-electron chi connectivity index (χ4n) is 1.48. The average Bonchev–Trinajstić information content (AvgIpc) is 2.27. The zero-order valence-corrected chi connectivity index (χ0v) is 10.4. The summed E-state index contributed by atoms with van der Waals surface area (Å²) in [6, 6.07) is 8.79. The zero-order valence-electron chi connectivity index (χ0n) is 9.61. The number of rotatable bonds is 2. The molecule has 17 heavy (non-hydrogen) atoms. The van der Waals surface area contributed by atoms with Crippen LogP contribution < -0.4 is 0 Å². The Balaban J connectivity index is 2.38. The number of benzene rings is 1. The molecule has 1 heterocycles. The highest BCUT2D eigenvalue weighted by atomic mass is 35.5. The summed E-state index contributed by atoms with van der Waals surface area (Å²) in [5.74, 6) is -0.406. The molecule has 3 nitrogen and oxygen atoms in total. The summed E-state index contributed by atoms with van der Waals surface area (Å²) >= 11 is 5.87. The van der Waals surface area contributed by atoms with Crippen molar-refractivity contribution in [3.8, 4) is 0 Å². The first kappa shape index (κ1) is 11.9. The second-order valence-corrected chi connectivity index (χ2v) is 4.42. The van der Waals surface area contributed by atoms with Crippen LogP contribution in [0.1, 0.15) is 24.3 Å². The summed E-state index contributed by atoms with van der Waals surface area (Å²) in [6.45, 7) is 3.61. The van der Waals surface area contributed by atoms with Crippen molar-refractivity contribution in [2.45, 2.75) is 20.0 Å². The second-order valence-electron chi connectivity index (χ2n) is 3.99. The highest BCUT2D eigenvalue weighted by Crippen LogP contribution is 2.18. The Bertz CT molecular complexity index is 566. The third kappa shape index (κ3) is 2.74. The first-order chi connectivity index (χ1) is 8.06. The van der Waals surface area contributed by atoms with Crippen molar-refractivity contribution in [1.82, 2.24) is 4.98 Å². The first-order valence-corrected chi connectivity index (χ1v) is 5.71. The van der Waals surface area contributed by atoms with Crippen LogP contribution in [-0.2, 0) is 4.74 Å². The molecule has 4 heteroatoms. The smallest absolute Gasteiger partial charge is 0.357 e. The summed E-state index contributed by atoms with van der Waals surface area (Å²) in [5, 5.41) is 1.55. The topological polar surface area (TPSA) is 39.2 Å². The van der Waals surface area contributed by atoms with Gasteiger partial charge in [-0.05, 0) is 38.1 Å². The van der Waals surface area contributed by atoms with Crippen molar-refractivity contribution < 1.29 is 9.53 Å². The van der Waals surface area contributed by atoms with Crippen LogP contribution in [0.4, 0.5) is 0 Å². The molecule has 0 N–H and O–H groups in total.